The predicted molar refractivity (Wildman–Crippen MR) is 65.4 cm³/mol. The van der Waals surface area contributed by atoms with Crippen LogP contribution < -0.4 is 10.5 Å². The maximum Gasteiger partial charge on any atom is 0.230 e. The fourth-order valence-corrected chi connectivity index (χ4v) is 1.84. The number of rotatable bonds is 2. The van der Waals surface area contributed by atoms with Crippen molar-refractivity contribution < 1.29 is 14.7 Å². The molecule has 0 bridgehead atoms. The highest BCUT2D eigenvalue weighted by molar-refractivity contribution is 5.98. The van der Waals surface area contributed by atoms with Gasteiger partial charge >= 0.3 is 0 Å². The van der Waals surface area contributed by atoms with E-state index in [0.29, 0.717) is 19.7 Å². The lowest BCUT2D eigenvalue weighted by Gasteiger charge is -2.19. The van der Waals surface area contributed by atoms with Crippen molar-refractivity contribution in [3.8, 4) is 5.75 Å². The molecule has 6 heteroatoms. The Morgan fingerprint density at radius 1 is 1.50 bits per heavy atom. The van der Waals surface area contributed by atoms with E-state index in [1.54, 1.807) is 4.90 Å². The zero-order chi connectivity index (χ0) is 13.0. The van der Waals surface area contributed by atoms with Gasteiger partial charge < -0.3 is 20.6 Å². The van der Waals surface area contributed by atoms with Crippen LogP contribution in [0.2, 0.25) is 0 Å². The van der Waals surface area contributed by atoms with Crippen molar-refractivity contribution in [3.63, 3.8) is 0 Å². The Labute approximate surface area is 105 Å². The number of fused-ring (bicyclic) bond motifs is 1. The van der Waals surface area contributed by atoms with Gasteiger partial charge in [0.15, 0.2) is 0 Å². The van der Waals surface area contributed by atoms with E-state index in [1.165, 1.54) is 0 Å². The third kappa shape index (κ3) is 2.71. The number of nitrogens with zero attached hydrogens (tertiary/aromatic N) is 2. The Bertz CT molecular complexity index is 473. The lowest BCUT2D eigenvalue weighted by molar-refractivity contribution is -0.130. The first-order valence-electron chi connectivity index (χ1n) is 5.65. The zero-order valence-corrected chi connectivity index (χ0v) is 9.87. The molecule has 1 aliphatic heterocycles. The molecule has 1 amide bonds. The number of carbonyl (C=O) groups excluding carboxylic acids is 1. The van der Waals surface area contributed by atoms with Gasteiger partial charge in [-0.1, -0.05) is 23.4 Å². The van der Waals surface area contributed by atoms with Gasteiger partial charge in [-0.25, -0.2) is 0 Å². The number of para-hydroxylation sites is 1. The van der Waals surface area contributed by atoms with Gasteiger partial charge in [-0.05, 0) is 6.07 Å². The van der Waals surface area contributed by atoms with Crippen LogP contribution in [0.4, 0.5) is 0 Å². The molecule has 1 heterocycles. The summed E-state index contributed by atoms with van der Waals surface area (Å²) >= 11 is 0. The molecule has 0 radical (unpaired) electrons. The number of benzene rings is 1. The summed E-state index contributed by atoms with van der Waals surface area (Å²) in [6, 6.07) is 7.60. The largest absolute Gasteiger partial charge is 0.491 e. The first kappa shape index (κ1) is 12.2. The van der Waals surface area contributed by atoms with Crippen molar-refractivity contribution in [1.82, 2.24) is 4.90 Å². The topological polar surface area (TPSA) is 88.2 Å². The highest BCUT2D eigenvalue weighted by atomic mass is 16.5. The molecule has 0 saturated heterocycles. The molecule has 3 N–H and O–H groups in total. The van der Waals surface area contributed by atoms with Crippen molar-refractivity contribution in [2.75, 3.05) is 13.2 Å². The SMILES string of the molecule is NC(CC(=O)N1CCOc2ccccc2C1)=NO. The van der Waals surface area contributed by atoms with Crippen molar-refractivity contribution in [1.29, 1.82) is 0 Å². The number of hydrogen-bond acceptors (Lipinski definition) is 4. The molecule has 0 aliphatic carbocycles. The lowest BCUT2D eigenvalue weighted by Crippen LogP contribution is -2.35. The minimum Gasteiger partial charge on any atom is -0.491 e. The zero-order valence-electron chi connectivity index (χ0n) is 9.87. The van der Waals surface area contributed by atoms with Crippen LogP contribution in [-0.4, -0.2) is 35.0 Å². The molecule has 18 heavy (non-hydrogen) atoms. The Balaban J connectivity index is 2.10. The van der Waals surface area contributed by atoms with Crippen LogP contribution in [0.3, 0.4) is 0 Å². The number of nitrogens with two attached hydrogens (primary N) is 1. The number of amidine groups is 1. The summed E-state index contributed by atoms with van der Waals surface area (Å²) in [4.78, 5) is 13.6. The Kier molecular flexibility index (Phi) is 3.66. The lowest BCUT2D eigenvalue weighted by atomic mass is 10.2. The summed E-state index contributed by atoms with van der Waals surface area (Å²) in [6.07, 6.45) is -0.0847. The first-order valence-corrected chi connectivity index (χ1v) is 5.65. The second-order valence-electron chi connectivity index (χ2n) is 4.04. The summed E-state index contributed by atoms with van der Waals surface area (Å²) in [5.41, 5.74) is 6.30. The molecule has 1 aliphatic rings. The molecule has 0 fully saturated rings. The summed E-state index contributed by atoms with van der Waals surface area (Å²) in [7, 11) is 0. The minimum absolute atomic E-state index is 0.0847. The number of oxime groups is 1. The first-order chi connectivity index (χ1) is 8.70. The second-order valence-corrected chi connectivity index (χ2v) is 4.04. The average Bonchev–Trinajstić information content (AvgIpc) is 2.60. The molecule has 2 rings (SSSR count). The van der Waals surface area contributed by atoms with Crippen LogP contribution in [0.5, 0.6) is 5.75 Å². The van der Waals surface area contributed by atoms with Crippen LogP contribution in [0.25, 0.3) is 0 Å². The molecule has 1 aromatic rings. The molecule has 6 nitrogen and oxygen atoms in total. The Morgan fingerprint density at radius 3 is 3.06 bits per heavy atom. The smallest absolute Gasteiger partial charge is 0.230 e. The second kappa shape index (κ2) is 5.39. The maximum absolute atomic E-state index is 11.9. The molecule has 0 unspecified atom stereocenters. The normalized spacial score (nSPS) is 15.6. The van der Waals surface area contributed by atoms with E-state index in [4.69, 9.17) is 15.7 Å². The third-order valence-corrected chi connectivity index (χ3v) is 2.77. The summed E-state index contributed by atoms with van der Waals surface area (Å²) < 4.78 is 5.56. The van der Waals surface area contributed by atoms with E-state index in [0.717, 1.165) is 11.3 Å². The van der Waals surface area contributed by atoms with Crippen molar-refractivity contribution >= 4 is 11.7 Å². The average molecular weight is 249 g/mol. The van der Waals surface area contributed by atoms with E-state index in [9.17, 15) is 4.79 Å². The number of amides is 1. The van der Waals surface area contributed by atoms with Gasteiger partial charge in [-0.3, -0.25) is 4.79 Å². The number of hydrogen-bond donors (Lipinski definition) is 2. The van der Waals surface area contributed by atoms with Gasteiger partial charge in [0, 0.05) is 12.1 Å². The fourth-order valence-electron chi connectivity index (χ4n) is 1.84. The molecule has 0 atom stereocenters. The van der Waals surface area contributed by atoms with E-state index in [-0.39, 0.29) is 18.2 Å². The third-order valence-electron chi connectivity index (χ3n) is 2.77. The minimum atomic E-state index is -0.175. The van der Waals surface area contributed by atoms with Crippen molar-refractivity contribution in [3.05, 3.63) is 29.8 Å². The summed E-state index contributed by atoms with van der Waals surface area (Å²) in [5.74, 6) is 0.542. The van der Waals surface area contributed by atoms with Crippen molar-refractivity contribution in [2.45, 2.75) is 13.0 Å². The predicted octanol–water partition coefficient (Wildman–Crippen LogP) is 0.544. The van der Waals surface area contributed by atoms with Gasteiger partial charge in [0.25, 0.3) is 0 Å². The standard InChI is InChI=1S/C12H15N3O3/c13-11(14-17)7-12(16)15-5-6-18-10-4-2-1-3-9(10)8-15/h1-4,17H,5-8H2,(H2,13,14). The van der Waals surface area contributed by atoms with Gasteiger partial charge in [0.1, 0.15) is 18.2 Å². The van der Waals surface area contributed by atoms with Gasteiger partial charge in [-0.15, -0.1) is 0 Å². The maximum atomic E-state index is 11.9. The highest BCUT2D eigenvalue weighted by Crippen LogP contribution is 2.22. The molecule has 0 spiro atoms. The monoisotopic (exact) mass is 249 g/mol. The van der Waals surface area contributed by atoms with Crippen LogP contribution in [-0.2, 0) is 11.3 Å². The molecule has 96 valence electrons. The van der Waals surface area contributed by atoms with Crippen LogP contribution in [0.15, 0.2) is 29.4 Å². The van der Waals surface area contributed by atoms with Gasteiger partial charge in [0.05, 0.1) is 13.0 Å². The Hall–Kier alpha value is -2.24. The van der Waals surface area contributed by atoms with Crippen LogP contribution in [0, 0.1) is 0 Å². The van der Waals surface area contributed by atoms with Gasteiger partial charge in [-0.2, -0.15) is 0 Å². The fraction of sp³-hybridized carbons (Fsp3) is 0.333. The van der Waals surface area contributed by atoms with E-state index in [1.807, 2.05) is 24.3 Å². The summed E-state index contributed by atoms with van der Waals surface area (Å²) in [6.45, 7) is 1.42. The molecule has 0 saturated carbocycles. The van der Waals surface area contributed by atoms with E-state index in [2.05, 4.69) is 5.16 Å². The summed E-state index contributed by atoms with van der Waals surface area (Å²) in [5, 5.41) is 11.3. The highest BCUT2D eigenvalue weighted by Gasteiger charge is 2.20. The Morgan fingerprint density at radius 2 is 2.28 bits per heavy atom. The number of carbonyl (C=O) groups is 1. The molecule has 0 aromatic heterocycles. The van der Waals surface area contributed by atoms with Crippen LogP contribution >= 0.6 is 0 Å². The quantitative estimate of drug-likeness (QED) is 0.346. The van der Waals surface area contributed by atoms with Crippen LogP contribution in [0.1, 0.15) is 12.0 Å². The van der Waals surface area contributed by atoms with E-state index < -0.39 is 0 Å². The number of ether oxygens (including phenoxy) is 1. The van der Waals surface area contributed by atoms with Gasteiger partial charge in [0.2, 0.25) is 5.91 Å². The molecular weight excluding hydrogens is 234 g/mol. The molecule has 1 aromatic carbocycles. The van der Waals surface area contributed by atoms with Crippen molar-refractivity contribution in [2.24, 2.45) is 10.9 Å². The molecular formula is C12H15N3O3. The van der Waals surface area contributed by atoms with E-state index >= 15 is 0 Å².